The van der Waals surface area contributed by atoms with Gasteiger partial charge in [0.15, 0.2) is 0 Å². The van der Waals surface area contributed by atoms with Crippen molar-refractivity contribution >= 4 is 17.7 Å². The predicted molar refractivity (Wildman–Crippen MR) is 125 cm³/mol. The second-order valence-electron chi connectivity index (χ2n) is 7.66. The van der Waals surface area contributed by atoms with Crippen molar-refractivity contribution in [2.45, 2.75) is 23.1 Å². The average Bonchev–Trinajstić information content (AvgIpc) is 2.81. The fourth-order valence-corrected chi connectivity index (χ4v) is 5.07. The van der Waals surface area contributed by atoms with Crippen LogP contribution in [-0.2, 0) is 4.79 Å². The Bertz CT molecular complexity index is 886. The number of hydrogen-bond acceptors (Lipinski definition) is 3. The van der Waals surface area contributed by atoms with Gasteiger partial charge in [-0.3, -0.25) is 9.69 Å². The summed E-state index contributed by atoms with van der Waals surface area (Å²) in [5.74, 6) is 0.236. The van der Waals surface area contributed by atoms with Crippen molar-refractivity contribution < 1.29 is 4.79 Å². The zero-order valence-electron chi connectivity index (χ0n) is 17.4. The molecule has 1 fully saturated rings. The molecule has 0 N–H and O–H groups in total. The largest absolute Gasteiger partial charge is 0.339 e. The number of benzene rings is 3. The Kier molecular flexibility index (Phi) is 6.88. The second-order valence-corrected chi connectivity index (χ2v) is 9.07. The lowest BCUT2D eigenvalue weighted by Crippen LogP contribution is -2.51. The lowest BCUT2D eigenvalue weighted by atomic mass is 9.96. The molecule has 0 aromatic heterocycles. The second kappa shape index (κ2) is 9.96. The van der Waals surface area contributed by atoms with Crippen LogP contribution in [0.2, 0.25) is 0 Å². The van der Waals surface area contributed by atoms with E-state index in [0.29, 0.717) is 0 Å². The van der Waals surface area contributed by atoms with Gasteiger partial charge in [0.05, 0.1) is 11.3 Å². The summed E-state index contributed by atoms with van der Waals surface area (Å²) in [6.45, 7) is 5.32. The SMILES string of the molecule is CC(Sc1ccccc1)C(=O)N1CCN(C(c2ccccc2)c2ccccc2)CC1. The summed E-state index contributed by atoms with van der Waals surface area (Å²) >= 11 is 1.64. The van der Waals surface area contributed by atoms with E-state index in [1.54, 1.807) is 11.8 Å². The van der Waals surface area contributed by atoms with Gasteiger partial charge >= 0.3 is 0 Å². The van der Waals surface area contributed by atoms with Gasteiger partial charge in [0, 0.05) is 31.1 Å². The number of rotatable bonds is 6. The van der Waals surface area contributed by atoms with Crippen LogP contribution in [0.3, 0.4) is 0 Å². The van der Waals surface area contributed by atoms with Crippen molar-refractivity contribution in [3.05, 3.63) is 102 Å². The first-order valence-corrected chi connectivity index (χ1v) is 11.4. The predicted octanol–water partition coefficient (Wildman–Crippen LogP) is 5.10. The third-order valence-electron chi connectivity index (χ3n) is 5.63. The summed E-state index contributed by atoms with van der Waals surface area (Å²) in [6.07, 6.45) is 0. The molecule has 3 aromatic carbocycles. The molecule has 4 heteroatoms. The first-order valence-electron chi connectivity index (χ1n) is 10.6. The first-order chi connectivity index (χ1) is 14.7. The highest BCUT2D eigenvalue weighted by atomic mass is 32.2. The Morgan fingerprint density at radius 3 is 1.70 bits per heavy atom. The first kappa shape index (κ1) is 20.7. The molecule has 1 aliphatic rings. The number of piperazine rings is 1. The van der Waals surface area contributed by atoms with Gasteiger partial charge in [0.25, 0.3) is 0 Å². The summed E-state index contributed by atoms with van der Waals surface area (Å²) in [4.78, 5) is 18.7. The number of amides is 1. The Hall–Kier alpha value is -2.56. The maximum Gasteiger partial charge on any atom is 0.235 e. The molecule has 3 nitrogen and oxygen atoms in total. The smallest absolute Gasteiger partial charge is 0.235 e. The van der Waals surface area contributed by atoms with Crippen LogP contribution in [0.5, 0.6) is 0 Å². The zero-order chi connectivity index (χ0) is 20.8. The van der Waals surface area contributed by atoms with Crippen molar-refractivity contribution in [3.8, 4) is 0 Å². The molecule has 0 radical (unpaired) electrons. The van der Waals surface area contributed by atoms with Gasteiger partial charge in [0.1, 0.15) is 0 Å². The highest BCUT2D eigenvalue weighted by Gasteiger charge is 2.30. The number of thioether (sulfide) groups is 1. The Labute approximate surface area is 183 Å². The van der Waals surface area contributed by atoms with E-state index in [9.17, 15) is 4.79 Å². The maximum atomic E-state index is 13.0. The quantitative estimate of drug-likeness (QED) is 0.522. The summed E-state index contributed by atoms with van der Waals surface area (Å²) in [7, 11) is 0. The molecule has 30 heavy (non-hydrogen) atoms. The van der Waals surface area contributed by atoms with E-state index in [4.69, 9.17) is 0 Å². The van der Waals surface area contributed by atoms with E-state index in [1.165, 1.54) is 11.1 Å². The van der Waals surface area contributed by atoms with Crippen molar-refractivity contribution in [3.63, 3.8) is 0 Å². The molecule has 0 bridgehead atoms. The van der Waals surface area contributed by atoms with Crippen molar-refractivity contribution in [2.24, 2.45) is 0 Å². The van der Waals surface area contributed by atoms with Crippen LogP contribution < -0.4 is 0 Å². The summed E-state index contributed by atoms with van der Waals surface area (Å²) in [5, 5.41) is -0.0713. The molecule has 0 spiro atoms. The Balaban J connectivity index is 1.42. The lowest BCUT2D eigenvalue weighted by Gasteiger charge is -2.40. The van der Waals surface area contributed by atoms with Crippen LogP contribution in [0.15, 0.2) is 95.9 Å². The van der Waals surface area contributed by atoms with Gasteiger partial charge < -0.3 is 4.90 Å². The van der Waals surface area contributed by atoms with E-state index < -0.39 is 0 Å². The van der Waals surface area contributed by atoms with E-state index in [1.807, 2.05) is 30.0 Å². The normalized spacial score (nSPS) is 15.9. The minimum Gasteiger partial charge on any atom is -0.339 e. The molecule has 1 atom stereocenters. The molecule has 3 aromatic rings. The van der Waals surface area contributed by atoms with Gasteiger partial charge in [-0.1, -0.05) is 78.9 Å². The van der Waals surface area contributed by atoms with Crippen molar-refractivity contribution in [1.82, 2.24) is 9.80 Å². The third kappa shape index (κ3) is 4.94. The molecule has 154 valence electrons. The highest BCUT2D eigenvalue weighted by molar-refractivity contribution is 8.00. The van der Waals surface area contributed by atoms with Gasteiger partial charge in [0.2, 0.25) is 5.91 Å². The molecule has 1 aliphatic heterocycles. The number of nitrogens with zero attached hydrogens (tertiary/aromatic N) is 2. The fourth-order valence-electron chi connectivity index (χ4n) is 4.10. The molecule has 4 rings (SSSR count). The van der Waals surface area contributed by atoms with Gasteiger partial charge in [-0.05, 0) is 30.2 Å². The van der Waals surface area contributed by atoms with E-state index >= 15 is 0 Å². The summed E-state index contributed by atoms with van der Waals surface area (Å²) in [6, 6.07) is 31.8. The van der Waals surface area contributed by atoms with Crippen LogP contribution >= 0.6 is 11.8 Å². The number of hydrogen-bond donors (Lipinski definition) is 0. The minimum absolute atomic E-state index is 0.0713. The van der Waals surface area contributed by atoms with Gasteiger partial charge in [-0.25, -0.2) is 0 Å². The van der Waals surface area contributed by atoms with Crippen LogP contribution in [0.25, 0.3) is 0 Å². The van der Waals surface area contributed by atoms with Crippen molar-refractivity contribution in [1.29, 1.82) is 0 Å². The standard InChI is InChI=1S/C26H28N2OS/c1-21(30-24-15-9-4-10-16-24)26(29)28-19-17-27(18-20-28)25(22-11-5-2-6-12-22)23-13-7-3-8-14-23/h2-16,21,25H,17-20H2,1H3. The maximum absolute atomic E-state index is 13.0. The highest BCUT2D eigenvalue weighted by Crippen LogP contribution is 2.30. The van der Waals surface area contributed by atoms with Crippen LogP contribution in [0.4, 0.5) is 0 Å². The third-order valence-corrected chi connectivity index (χ3v) is 6.73. The van der Waals surface area contributed by atoms with E-state index in [2.05, 4.69) is 77.7 Å². The molecule has 1 saturated heterocycles. The molecular formula is C26H28N2OS. The van der Waals surface area contributed by atoms with Crippen LogP contribution in [-0.4, -0.2) is 47.1 Å². The summed E-state index contributed by atoms with van der Waals surface area (Å²) < 4.78 is 0. The van der Waals surface area contributed by atoms with E-state index in [0.717, 1.165) is 31.1 Å². The summed E-state index contributed by atoms with van der Waals surface area (Å²) in [5.41, 5.74) is 2.60. The monoisotopic (exact) mass is 416 g/mol. The zero-order valence-corrected chi connectivity index (χ0v) is 18.2. The average molecular weight is 417 g/mol. The molecule has 1 amide bonds. The van der Waals surface area contributed by atoms with Gasteiger partial charge in [-0.2, -0.15) is 0 Å². The minimum atomic E-state index is -0.0713. The van der Waals surface area contributed by atoms with Crippen molar-refractivity contribution in [2.75, 3.05) is 26.2 Å². The molecule has 1 unspecified atom stereocenters. The van der Waals surface area contributed by atoms with Crippen LogP contribution in [0.1, 0.15) is 24.1 Å². The fraction of sp³-hybridized carbons (Fsp3) is 0.269. The van der Waals surface area contributed by atoms with Crippen LogP contribution in [0, 0.1) is 0 Å². The Morgan fingerprint density at radius 2 is 1.20 bits per heavy atom. The molecular weight excluding hydrogens is 388 g/mol. The molecule has 0 saturated carbocycles. The topological polar surface area (TPSA) is 23.6 Å². The molecule has 1 heterocycles. The Morgan fingerprint density at radius 1 is 0.733 bits per heavy atom. The number of carbonyl (C=O) groups is 1. The lowest BCUT2D eigenvalue weighted by molar-refractivity contribution is -0.132. The van der Waals surface area contributed by atoms with E-state index in [-0.39, 0.29) is 17.2 Å². The molecule has 0 aliphatic carbocycles. The van der Waals surface area contributed by atoms with Gasteiger partial charge in [-0.15, -0.1) is 11.8 Å². The number of carbonyl (C=O) groups excluding carboxylic acids is 1.